The van der Waals surface area contributed by atoms with Gasteiger partial charge in [-0.1, -0.05) is 11.6 Å². The molecule has 1 aromatic rings. The average molecular weight is 301 g/mol. The highest BCUT2D eigenvalue weighted by atomic mass is 35.5. The van der Waals surface area contributed by atoms with Gasteiger partial charge in [0.05, 0.1) is 11.6 Å². The molecule has 0 aromatic carbocycles. The molecule has 0 radical (unpaired) electrons. The van der Waals surface area contributed by atoms with Crippen LogP contribution in [-0.4, -0.2) is 46.3 Å². The summed E-state index contributed by atoms with van der Waals surface area (Å²) >= 11 is 5.88. The van der Waals surface area contributed by atoms with E-state index in [1.165, 1.54) is 6.07 Å². The van der Waals surface area contributed by atoms with Crippen molar-refractivity contribution in [2.75, 3.05) is 19.7 Å². The number of piperidine rings is 1. The summed E-state index contributed by atoms with van der Waals surface area (Å²) in [5, 5.41) is 9.57. The molecule has 0 atom stereocenters. The first kappa shape index (κ1) is 14.7. The third-order valence-electron chi connectivity index (χ3n) is 3.42. The minimum absolute atomic E-state index is 0.0410. The first-order valence-corrected chi connectivity index (χ1v) is 6.93. The highest BCUT2D eigenvalue weighted by Gasteiger charge is 2.27. The Bertz CT molecular complexity index is 506. The molecule has 1 fully saturated rings. The Labute approximate surface area is 121 Å². The molecule has 1 aromatic heterocycles. The fourth-order valence-corrected chi connectivity index (χ4v) is 2.67. The minimum atomic E-state index is -0.996. The SMILES string of the molecule is CCOC(=O)N1CCC(n2cc(Cl)cc2C(=O)O)CC1. The summed E-state index contributed by atoms with van der Waals surface area (Å²) in [5.74, 6) is -0.996. The number of halogens is 1. The van der Waals surface area contributed by atoms with Crippen molar-refractivity contribution < 1.29 is 19.4 Å². The van der Waals surface area contributed by atoms with Crippen LogP contribution in [0, 0.1) is 0 Å². The summed E-state index contributed by atoms with van der Waals surface area (Å²) in [4.78, 5) is 24.4. The standard InChI is InChI=1S/C13H17ClN2O4/c1-2-20-13(19)15-5-3-10(4-6-15)16-8-9(14)7-11(16)12(17)18/h7-8,10H,2-6H2,1H3,(H,17,18). The molecule has 2 rings (SSSR count). The number of aromatic nitrogens is 1. The average Bonchev–Trinajstić information content (AvgIpc) is 2.81. The third-order valence-corrected chi connectivity index (χ3v) is 3.62. The number of aromatic carboxylic acids is 1. The van der Waals surface area contributed by atoms with Gasteiger partial charge in [-0.3, -0.25) is 0 Å². The van der Waals surface area contributed by atoms with E-state index in [0.29, 0.717) is 37.6 Å². The van der Waals surface area contributed by atoms with E-state index in [1.54, 1.807) is 22.6 Å². The van der Waals surface area contributed by atoms with Gasteiger partial charge in [-0.15, -0.1) is 0 Å². The summed E-state index contributed by atoms with van der Waals surface area (Å²) in [5.41, 5.74) is 0.185. The second-order valence-electron chi connectivity index (χ2n) is 4.67. The van der Waals surface area contributed by atoms with E-state index in [1.807, 2.05) is 0 Å². The predicted molar refractivity (Wildman–Crippen MR) is 73.3 cm³/mol. The molecule has 1 aliphatic rings. The van der Waals surface area contributed by atoms with Crippen molar-refractivity contribution in [3.05, 3.63) is 23.0 Å². The molecule has 20 heavy (non-hydrogen) atoms. The molecule has 110 valence electrons. The van der Waals surface area contributed by atoms with Gasteiger partial charge in [0.15, 0.2) is 0 Å². The van der Waals surface area contributed by atoms with Crippen LogP contribution in [-0.2, 0) is 4.74 Å². The number of hydrogen-bond acceptors (Lipinski definition) is 3. The Morgan fingerprint density at radius 3 is 2.65 bits per heavy atom. The normalized spacial score (nSPS) is 16.2. The van der Waals surface area contributed by atoms with Gasteiger partial charge < -0.3 is 19.3 Å². The molecule has 6 nitrogen and oxygen atoms in total. The fraction of sp³-hybridized carbons (Fsp3) is 0.538. The van der Waals surface area contributed by atoms with Gasteiger partial charge in [0.1, 0.15) is 5.69 Å². The maximum absolute atomic E-state index is 11.6. The number of carboxylic acid groups (broad SMARTS) is 1. The van der Waals surface area contributed by atoms with Crippen molar-refractivity contribution >= 4 is 23.7 Å². The number of ether oxygens (including phenoxy) is 1. The first-order chi connectivity index (χ1) is 9.52. The van der Waals surface area contributed by atoms with Gasteiger partial charge in [0, 0.05) is 25.3 Å². The maximum atomic E-state index is 11.6. The van der Waals surface area contributed by atoms with Gasteiger partial charge in [-0.25, -0.2) is 9.59 Å². The van der Waals surface area contributed by atoms with E-state index in [4.69, 9.17) is 21.4 Å². The molecular weight excluding hydrogens is 284 g/mol. The van der Waals surface area contributed by atoms with Crippen molar-refractivity contribution in [1.29, 1.82) is 0 Å². The number of likely N-dealkylation sites (tertiary alicyclic amines) is 1. The number of amides is 1. The number of rotatable bonds is 3. The van der Waals surface area contributed by atoms with Crippen LogP contribution in [0.25, 0.3) is 0 Å². The summed E-state index contributed by atoms with van der Waals surface area (Å²) in [6.07, 6.45) is 2.69. The van der Waals surface area contributed by atoms with Gasteiger partial charge in [0.2, 0.25) is 0 Å². The largest absolute Gasteiger partial charge is 0.477 e. The lowest BCUT2D eigenvalue weighted by Crippen LogP contribution is -2.39. The minimum Gasteiger partial charge on any atom is -0.477 e. The molecule has 1 saturated heterocycles. The van der Waals surface area contributed by atoms with Crippen LogP contribution < -0.4 is 0 Å². The van der Waals surface area contributed by atoms with Crippen LogP contribution in [0.15, 0.2) is 12.3 Å². The summed E-state index contributed by atoms with van der Waals surface area (Å²) in [6.45, 7) is 3.23. The van der Waals surface area contributed by atoms with E-state index in [0.717, 1.165) is 0 Å². The van der Waals surface area contributed by atoms with Crippen molar-refractivity contribution in [2.45, 2.75) is 25.8 Å². The smallest absolute Gasteiger partial charge is 0.409 e. The molecular formula is C13H17ClN2O4. The predicted octanol–water partition coefficient (Wildman–Crippen LogP) is 2.63. The molecule has 0 spiro atoms. The van der Waals surface area contributed by atoms with Crippen molar-refractivity contribution in [1.82, 2.24) is 9.47 Å². The topological polar surface area (TPSA) is 71.8 Å². The molecule has 2 heterocycles. The Morgan fingerprint density at radius 2 is 2.10 bits per heavy atom. The van der Waals surface area contributed by atoms with E-state index in [9.17, 15) is 9.59 Å². The van der Waals surface area contributed by atoms with E-state index >= 15 is 0 Å². The van der Waals surface area contributed by atoms with Gasteiger partial charge in [-0.2, -0.15) is 0 Å². The fourth-order valence-electron chi connectivity index (χ4n) is 2.46. The van der Waals surface area contributed by atoms with Crippen molar-refractivity contribution in [3.63, 3.8) is 0 Å². The van der Waals surface area contributed by atoms with Crippen molar-refractivity contribution in [2.24, 2.45) is 0 Å². The Balaban J connectivity index is 2.04. The second kappa shape index (κ2) is 6.17. The van der Waals surface area contributed by atoms with E-state index < -0.39 is 5.97 Å². The zero-order valence-electron chi connectivity index (χ0n) is 11.2. The Hall–Kier alpha value is -1.69. The zero-order chi connectivity index (χ0) is 14.7. The summed E-state index contributed by atoms with van der Waals surface area (Å²) in [7, 11) is 0. The Morgan fingerprint density at radius 1 is 1.45 bits per heavy atom. The van der Waals surface area contributed by atoms with Crippen LogP contribution in [0.2, 0.25) is 5.02 Å². The Kier molecular flexibility index (Phi) is 4.54. The molecule has 7 heteroatoms. The molecule has 0 unspecified atom stereocenters. The summed E-state index contributed by atoms with van der Waals surface area (Å²) in [6, 6.07) is 1.49. The molecule has 1 aliphatic heterocycles. The molecule has 0 bridgehead atoms. The highest BCUT2D eigenvalue weighted by Crippen LogP contribution is 2.27. The van der Waals surface area contributed by atoms with Crippen LogP contribution in [0.1, 0.15) is 36.3 Å². The first-order valence-electron chi connectivity index (χ1n) is 6.55. The van der Waals surface area contributed by atoms with Crippen LogP contribution in [0.5, 0.6) is 0 Å². The zero-order valence-corrected chi connectivity index (χ0v) is 12.0. The van der Waals surface area contributed by atoms with Crippen LogP contribution >= 0.6 is 11.6 Å². The van der Waals surface area contributed by atoms with Crippen molar-refractivity contribution in [3.8, 4) is 0 Å². The van der Waals surface area contributed by atoms with E-state index in [2.05, 4.69) is 0 Å². The highest BCUT2D eigenvalue weighted by molar-refractivity contribution is 6.30. The molecule has 1 amide bonds. The monoisotopic (exact) mass is 300 g/mol. The van der Waals surface area contributed by atoms with Gasteiger partial charge >= 0.3 is 12.1 Å². The quantitative estimate of drug-likeness (QED) is 0.931. The number of carbonyl (C=O) groups excluding carboxylic acids is 1. The maximum Gasteiger partial charge on any atom is 0.409 e. The van der Waals surface area contributed by atoms with Gasteiger partial charge in [0.25, 0.3) is 0 Å². The molecule has 0 aliphatic carbocycles. The molecule has 0 saturated carbocycles. The lowest BCUT2D eigenvalue weighted by atomic mass is 10.1. The number of hydrogen-bond donors (Lipinski definition) is 1. The van der Waals surface area contributed by atoms with E-state index in [-0.39, 0.29) is 17.8 Å². The lowest BCUT2D eigenvalue weighted by Gasteiger charge is -2.32. The second-order valence-corrected chi connectivity index (χ2v) is 5.11. The lowest BCUT2D eigenvalue weighted by molar-refractivity contribution is 0.0672. The van der Waals surface area contributed by atoms with Gasteiger partial charge in [-0.05, 0) is 25.8 Å². The number of carbonyl (C=O) groups is 2. The number of nitrogens with zero attached hydrogens (tertiary/aromatic N) is 2. The molecule has 1 N–H and O–H groups in total. The van der Waals surface area contributed by atoms with Crippen LogP contribution in [0.4, 0.5) is 4.79 Å². The number of carboxylic acids is 1. The summed E-state index contributed by atoms with van der Waals surface area (Å²) < 4.78 is 6.64. The third kappa shape index (κ3) is 3.07. The van der Waals surface area contributed by atoms with Crippen LogP contribution in [0.3, 0.4) is 0 Å².